The second-order valence-electron chi connectivity index (χ2n) is 6.34. The van der Waals surface area contributed by atoms with Gasteiger partial charge in [0.1, 0.15) is 11.4 Å². The van der Waals surface area contributed by atoms with Crippen molar-refractivity contribution in [1.29, 1.82) is 0 Å². The second-order valence-corrected chi connectivity index (χ2v) is 11.8. The van der Waals surface area contributed by atoms with Crippen LogP contribution in [0.5, 0.6) is 0 Å². The number of hydrogen-bond acceptors (Lipinski definition) is 3. The molecule has 1 aromatic carbocycles. The minimum atomic E-state index is -1.54. The molecule has 0 saturated heterocycles. The average molecular weight is 293 g/mol. The molecule has 2 aromatic rings. The Labute approximate surface area is 119 Å². The molecule has 20 heavy (non-hydrogen) atoms. The fraction of sp³-hybridized carbons (Fsp3) is 0.429. The number of benzene rings is 1. The second kappa shape index (κ2) is 5.45. The van der Waals surface area contributed by atoms with E-state index < -0.39 is 13.7 Å². The third-order valence-electron chi connectivity index (χ3n) is 3.07. The van der Waals surface area contributed by atoms with Gasteiger partial charge in [0.15, 0.2) is 0 Å². The van der Waals surface area contributed by atoms with Gasteiger partial charge in [0.05, 0.1) is 18.9 Å². The summed E-state index contributed by atoms with van der Waals surface area (Å²) in [6.45, 7) is 6.85. The summed E-state index contributed by atoms with van der Waals surface area (Å²) in [4.78, 5) is 1.48. The van der Waals surface area contributed by atoms with Crippen molar-refractivity contribution in [1.82, 2.24) is 15.0 Å². The summed E-state index contributed by atoms with van der Waals surface area (Å²) >= 11 is 0. The molecule has 1 aromatic heterocycles. The first-order valence-corrected chi connectivity index (χ1v) is 10.3. The highest BCUT2D eigenvalue weighted by Crippen LogP contribution is 2.32. The molecule has 0 saturated carbocycles. The van der Waals surface area contributed by atoms with Crippen molar-refractivity contribution in [3.63, 3.8) is 0 Å². The van der Waals surface area contributed by atoms with Crippen molar-refractivity contribution >= 4 is 8.07 Å². The summed E-state index contributed by atoms with van der Waals surface area (Å²) in [5.41, 5.74) is -0.365. The first-order chi connectivity index (χ1) is 9.28. The van der Waals surface area contributed by atoms with E-state index in [0.717, 1.165) is 0 Å². The number of halogens is 1. The molecule has 2 rings (SSSR count). The van der Waals surface area contributed by atoms with Crippen molar-refractivity contribution < 1.29 is 9.50 Å². The summed E-state index contributed by atoms with van der Waals surface area (Å²) in [6.07, 6.45) is 3.17. The zero-order chi connectivity index (χ0) is 14.8. The van der Waals surface area contributed by atoms with Gasteiger partial charge in [-0.3, -0.25) is 0 Å². The van der Waals surface area contributed by atoms with E-state index in [4.69, 9.17) is 0 Å². The minimum Gasteiger partial charge on any atom is -0.383 e. The van der Waals surface area contributed by atoms with Crippen LogP contribution >= 0.6 is 0 Å². The SMILES string of the molecule is C[Si](C)(C)CC(O)(Cn1nccn1)c1ccc(F)cc1. The number of aromatic nitrogens is 3. The molecule has 0 amide bonds. The highest BCUT2D eigenvalue weighted by molar-refractivity contribution is 6.76. The summed E-state index contributed by atoms with van der Waals surface area (Å²) < 4.78 is 13.1. The molecule has 0 radical (unpaired) electrons. The first kappa shape index (κ1) is 14.9. The summed E-state index contributed by atoms with van der Waals surface area (Å²) in [5.74, 6) is -0.304. The van der Waals surface area contributed by atoms with Crippen LogP contribution in [0.1, 0.15) is 5.56 Å². The minimum absolute atomic E-state index is 0.274. The molecule has 108 valence electrons. The van der Waals surface area contributed by atoms with Crippen molar-refractivity contribution in [3.8, 4) is 0 Å². The van der Waals surface area contributed by atoms with Crippen LogP contribution in [0.4, 0.5) is 4.39 Å². The van der Waals surface area contributed by atoms with Crippen molar-refractivity contribution in [2.45, 2.75) is 37.8 Å². The zero-order valence-corrected chi connectivity index (χ0v) is 13.0. The molecule has 1 atom stereocenters. The maximum atomic E-state index is 13.1. The van der Waals surface area contributed by atoms with E-state index >= 15 is 0 Å². The maximum Gasteiger partial charge on any atom is 0.123 e. The Morgan fingerprint density at radius 1 is 1.15 bits per heavy atom. The molecule has 1 heterocycles. The van der Waals surface area contributed by atoms with E-state index in [2.05, 4.69) is 29.8 Å². The van der Waals surface area contributed by atoms with E-state index in [-0.39, 0.29) is 12.4 Å². The van der Waals surface area contributed by atoms with Gasteiger partial charge in [-0.1, -0.05) is 31.8 Å². The van der Waals surface area contributed by atoms with Gasteiger partial charge in [0, 0.05) is 8.07 Å². The maximum absolute atomic E-state index is 13.1. The van der Waals surface area contributed by atoms with Gasteiger partial charge in [0.2, 0.25) is 0 Å². The van der Waals surface area contributed by atoms with Crippen LogP contribution < -0.4 is 0 Å². The smallest absolute Gasteiger partial charge is 0.123 e. The van der Waals surface area contributed by atoms with Crippen molar-refractivity contribution in [2.75, 3.05) is 0 Å². The van der Waals surface area contributed by atoms with E-state index in [1.54, 1.807) is 24.5 Å². The predicted molar refractivity (Wildman–Crippen MR) is 78.5 cm³/mol. The van der Waals surface area contributed by atoms with Crippen LogP contribution in [0.2, 0.25) is 25.7 Å². The first-order valence-electron chi connectivity index (χ1n) is 6.61. The summed E-state index contributed by atoms with van der Waals surface area (Å²) in [6, 6.07) is 6.69. The topological polar surface area (TPSA) is 50.9 Å². The third kappa shape index (κ3) is 3.74. The zero-order valence-electron chi connectivity index (χ0n) is 12.0. The average Bonchev–Trinajstić information content (AvgIpc) is 2.79. The van der Waals surface area contributed by atoms with Gasteiger partial charge < -0.3 is 5.11 Å². The van der Waals surface area contributed by atoms with Crippen molar-refractivity contribution in [2.24, 2.45) is 0 Å². The quantitative estimate of drug-likeness (QED) is 0.862. The number of nitrogens with zero attached hydrogens (tertiary/aromatic N) is 3. The van der Waals surface area contributed by atoms with Crippen LogP contribution in [0.3, 0.4) is 0 Å². The van der Waals surface area contributed by atoms with Gasteiger partial charge in [-0.05, 0) is 23.7 Å². The predicted octanol–water partition coefficient (Wildman–Crippen LogP) is 2.64. The van der Waals surface area contributed by atoms with Crippen LogP contribution in [0, 0.1) is 5.82 Å². The number of hydrogen-bond donors (Lipinski definition) is 1. The molecular formula is C14H20FN3OSi. The van der Waals surface area contributed by atoms with Gasteiger partial charge in [-0.25, -0.2) is 4.39 Å². The van der Waals surface area contributed by atoms with E-state index in [1.165, 1.54) is 16.9 Å². The molecule has 0 bridgehead atoms. The molecule has 4 nitrogen and oxygen atoms in total. The monoisotopic (exact) mass is 293 g/mol. The lowest BCUT2D eigenvalue weighted by Crippen LogP contribution is -2.40. The molecule has 0 spiro atoms. The molecular weight excluding hydrogens is 273 g/mol. The van der Waals surface area contributed by atoms with Gasteiger partial charge in [0.25, 0.3) is 0 Å². The fourth-order valence-corrected chi connectivity index (χ4v) is 4.52. The Morgan fingerprint density at radius 2 is 1.70 bits per heavy atom. The summed E-state index contributed by atoms with van der Waals surface area (Å²) in [5, 5.41) is 19.2. The number of rotatable bonds is 5. The van der Waals surface area contributed by atoms with Crippen LogP contribution in [-0.2, 0) is 12.1 Å². The molecule has 0 fully saturated rings. The highest BCUT2D eigenvalue weighted by Gasteiger charge is 2.36. The fourth-order valence-electron chi connectivity index (χ4n) is 2.45. The van der Waals surface area contributed by atoms with Gasteiger partial charge in [-0.2, -0.15) is 15.0 Å². The number of aliphatic hydroxyl groups is 1. The largest absolute Gasteiger partial charge is 0.383 e. The lowest BCUT2D eigenvalue weighted by atomic mass is 9.96. The Kier molecular flexibility index (Phi) is 4.05. The Bertz CT molecular complexity index is 551. The lowest BCUT2D eigenvalue weighted by molar-refractivity contribution is 0.0289. The molecule has 0 aliphatic rings. The Morgan fingerprint density at radius 3 is 2.20 bits per heavy atom. The Hall–Kier alpha value is -1.53. The standard InChI is InChI=1S/C14H20FN3OSi/c1-20(2,3)11-14(19,10-18-16-8-9-17-18)12-4-6-13(15)7-5-12/h4-9,19H,10-11H2,1-3H3. The molecule has 0 aliphatic carbocycles. The molecule has 1 N–H and O–H groups in total. The van der Waals surface area contributed by atoms with Gasteiger partial charge >= 0.3 is 0 Å². The van der Waals surface area contributed by atoms with Gasteiger partial charge in [-0.15, -0.1) is 0 Å². The molecule has 0 aliphatic heterocycles. The van der Waals surface area contributed by atoms with E-state index in [1.807, 2.05) is 0 Å². The van der Waals surface area contributed by atoms with Crippen LogP contribution in [0.15, 0.2) is 36.7 Å². The normalized spacial score (nSPS) is 15.1. The Balaban J connectivity index is 2.34. The summed E-state index contributed by atoms with van der Waals surface area (Å²) in [7, 11) is -1.54. The molecule has 1 unspecified atom stereocenters. The molecule has 6 heteroatoms. The highest BCUT2D eigenvalue weighted by atomic mass is 28.3. The van der Waals surface area contributed by atoms with Crippen LogP contribution in [-0.4, -0.2) is 28.2 Å². The van der Waals surface area contributed by atoms with E-state index in [0.29, 0.717) is 11.6 Å². The lowest BCUT2D eigenvalue weighted by Gasteiger charge is -2.33. The van der Waals surface area contributed by atoms with Crippen LogP contribution in [0.25, 0.3) is 0 Å². The third-order valence-corrected chi connectivity index (χ3v) is 4.72. The van der Waals surface area contributed by atoms with E-state index in [9.17, 15) is 9.50 Å². The van der Waals surface area contributed by atoms with Crippen molar-refractivity contribution in [3.05, 3.63) is 48.0 Å².